The molecular formula is C14H19FN2O2. The Morgan fingerprint density at radius 3 is 2.68 bits per heavy atom. The summed E-state index contributed by atoms with van der Waals surface area (Å²) >= 11 is 0. The van der Waals surface area contributed by atoms with Crippen molar-refractivity contribution in [2.75, 3.05) is 18.9 Å². The Labute approximate surface area is 111 Å². The van der Waals surface area contributed by atoms with Crippen molar-refractivity contribution >= 4 is 11.6 Å². The van der Waals surface area contributed by atoms with Crippen LogP contribution in [-0.4, -0.2) is 24.2 Å². The number of hydrogen-bond donors (Lipinski definition) is 3. The second-order valence-corrected chi connectivity index (χ2v) is 5.28. The average molecular weight is 266 g/mol. The van der Waals surface area contributed by atoms with Crippen LogP contribution >= 0.6 is 0 Å². The van der Waals surface area contributed by atoms with Gasteiger partial charge in [-0.05, 0) is 31.0 Å². The Kier molecular flexibility index (Phi) is 4.04. The molecule has 4 nitrogen and oxygen atoms in total. The van der Waals surface area contributed by atoms with Crippen LogP contribution in [0.4, 0.5) is 10.1 Å². The monoisotopic (exact) mass is 266 g/mol. The molecular weight excluding hydrogens is 247 g/mol. The topological polar surface area (TPSA) is 75.4 Å². The molecule has 5 heteroatoms. The van der Waals surface area contributed by atoms with E-state index in [2.05, 4.69) is 5.32 Å². The molecule has 1 aromatic rings. The van der Waals surface area contributed by atoms with Crippen LogP contribution in [0.5, 0.6) is 0 Å². The summed E-state index contributed by atoms with van der Waals surface area (Å²) in [6, 6.07) is 4.00. The molecule has 0 atom stereocenters. The summed E-state index contributed by atoms with van der Waals surface area (Å²) in [5.41, 5.74) is 5.43. The molecule has 0 unspecified atom stereocenters. The SMILES string of the molecule is Nc1ccc(C(=O)NCC2(CO)CCCC2)cc1F. The fraction of sp³-hybridized carbons (Fsp3) is 0.500. The molecule has 1 aliphatic rings. The zero-order valence-electron chi connectivity index (χ0n) is 10.8. The lowest BCUT2D eigenvalue weighted by atomic mass is 9.87. The fourth-order valence-electron chi connectivity index (χ4n) is 2.55. The third-order valence-electron chi connectivity index (χ3n) is 3.89. The van der Waals surface area contributed by atoms with Crippen molar-refractivity contribution in [3.8, 4) is 0 Å². The molecule has 0 spiro atoms. The van der Waals surface area contributed by atoms with Crippen LogP contribution in [-0.2, 0) is 0 Å². The van der Waals surface area contributed by atoms with Gasteiger partial charge in [0.05, 0.1) is 12.3 Å². The number of nitrogen functional groups attached to an aromatic ring is 1. The molecule has 19 heavy (non-hydrogen) atoms. The highest BCUT2D eigenvalue weighted by Gasteiger charge is 2.33. The number of aliphatic hydroxyl groups is 1. The molecule has 1 amide bonds. The lowest BCUT2D eigenvalue weighted by molar-refractivity contribution is 0.0880. The van der Waals surface area contributed by atoms with Gasteiger partial charge in [-0.25, -0.2) is 4.39 Å². The van der Waals surface area contributed by atoms with Crippen LogP contribution in [0.25, 0.3) is 0 Å². The third-order valence-corrected chi connectivity index (χ3v) is 3.89. The fourth-order valence-corrected chi connectivity index (χ4v) is 2.55. The van der Waals surface area contributed by atoms with Crippen LogP contribution < -0.4 is 11.1 Å². The summed E-state index contributed by atoms with van der Waals surface area (Å²) in [5.74, 6) is -0.927. The van der Waals surface area contributed by atoms with E-state index in [0.29, 0.717) is 6.54 Å². The van der Waals surface area contributed by atoms with Gasteiger partial charge in [-0.1, -0.05) is 12.8 Å². The van der Waals surface area contributed by atoms with E-state index in [1.807, 2.05) is 0 Å². The number of carbonyl (C=O) groups is 1. The number of benzene rings is 1. The normalized spacial score (nSPS) is 17.4. The molecule has 1 aromatic carbocycles. The Hall–Kier alpha value is -1.62. The highest BCUT2D eigenvalue weighted by atomic mass is 19.1. The van der Waals surface area contributed by atoms with Crippen molar-refractivity contribution in [3.63, 3.8) is 0 Å². The maximum atomic E-state index is 13.3. The summed E-state index contributed by atoms with van der Waals surface area (Å²) in [4.78, 5) is 11.9. The highest BCUT2D eigenvalue weighted by molar-refractivity contribution is 5.94. The van der Waals surface area contributed by atoms with Gasteiger partial charge < -0.3 is 16.2 Å². The number of anilines is 1. The number of hydrogen-bond acceptors (Lipinski definition) is 3. The van der Waals surface area contributed by atoms with Crippen LogP contribution in [0.15, 0.2) is 18.2 Å². The van der Waals surface area contributed by atoms with Crippen molar-refractivity contribution in [1.29, 1.82) is 0 Å². The van der Waals surface area contributed by atoms with Crippen molar-refractivity contribution in [1.82, 2.24) is 5.32 Å². The second-order valence-electron chi connectivity index (χ2n) is 5.28. The van der Waals surface area contributed by atoms with E-state index in [9.17, 15) is 14.3 Å². The van der Waals surface area contributed by atoms with Gasteiger partial charge in [-0.15, -0.1) is 0 Å². The van der Waals surface area contributed by atoms with Gasteiger partial charge in [0.1, 0.15) is 5.82 Å². The lowest BCUT2D eigenvalue weighted by Crippen LogP contribution is -2.38. The number of rotatable bonds is 4. The molecule has 0 aromatic heterocycles. The van der Waals surface area contributed by atoms with Gasteiger partial charge in [0.15, 0.2) is 0 Å². The molecule has 4 N–H and O–H groups in total. The Morgan fingerprint density at radius 1 is 1.42 bits per heavy atom. The standard InChI is InChI=1S/C14H19FN2O2/c15-11-7-10(3-4-12(11)16)13(19)17-8-14(9-18)5-1-2-6-14/h3-4,7,18H,1-2,5-6,8-9,16H2,(H,17,19). The molecule has 0 saturated heterocycles. The first-order chi connectivity index (χ1) is 9.06. The minimum absolute atomic E-state index is 0.0270. The van der Waals surface area contributed by atoms with Crippen molar-refractivity contribution in [2.24, 2.45) is 5.41 Å². The summed E-state index contributed by atoms with van der Waals surface area (Å²) in [5, 5.41) is 12.2. The summed E-state index contributed by atoms with van der Waals surface area (Å²) in [6.07, 6.45) is 3.99. The van der Waals surface area contributed by atoms with E-state index in [1.54, 1.807) is 0 Å². The van der Waals surface area contributed by atoms with Crippen LogP contribution in [0.3, 0.4) is 0 Å². The number of halogens is 1. The lowest BCUT2D eigenvalue weighted by Gasteiger charge is -2.26. The zero-order valence-corrected chi connectivity index (χ0v) is 10.8. The number of nitrogens with one attached hydrogen (secondary N) is 1. The van der Waals surface area contributed by atoms with Crippen molar-refractivity contribution in [2.45, 2.75) is 25.7 Å². The maximum Gasteiger partial charge on any atom is 0.251 e. The van der Waals surface area contributed by atoms with Gasteiger partial charge in [0.2, 0.25) is 0 Å². The number of carbonyl (C=O) groups excluding carboxylic acids is 1. The van der Waals surface area contributed by atoms with E-state index < -0.39 is 5.82 Å². The predicted molar refractivity (Wildman–Crippen MR) is 71.1 cm³/mol. The predicted octanol–water partition coefficient (Wildman–Crippen LogP) is 1.69. The first-order valence-corrected chi connectivity index (χ1v) is 6.50. The highest BCUT2D eigenvalue weighted by Crippen LogP contribution is 2.36. The summed E-state index contributed by atoms with van der Waals surface area (Å²) < 4.78 is 13.3. The van der Waals surface area contributed by atoms with E-state index in [0.717, 1.165) is 31.7 Å². The molecule has 1 fully saturated rings. The van der Waals surface area contributed by atoms with Crippen molar-refractivity contribution < 1.29 is 14.3 Å². The molecule has 0 bridgehead atoms. The second kappa shape index (κ2) is 5.57. The largest absolute Gasteiger partial charge is 0.396 e. The van der Waals surface area contributed by atoms with Gasteiger partial charge in [0, 0.05) is 17.5 Å². The van der Waals surface area contributed by atoms with Gasteiger partial charge >= 0.3 is 0 Å². The van der Waals surface area contributed by atoms with Gasteiger partial charge in [-0.2, -0.15) is 0 Å². The average Bonchev–Trinajstić information content (AvgIpc) is 2.89. The van der Waals surface area contributed by atoms with Crippen LogP contribution in [0.2, 0.25) is 0 Å². The Balaban J connectivity index is 1.99. The van der Waals surface area contributed by atoms with E-state index in [4.69, 9.17) is 5.73 Å². The van der Waals surface area contributed by atoms with Crippen LogP contribution in [0, 0.1) is 11.2 Å². The summed E-state index contributed by atoms with van der Waals surface area (Å²) in [7, 11) is 0. The van der Waals surface area contributed by atoms with Crippen molar-refractivity contribution in [3.05, 3.63) is 29.6 Å². The van der Waals surface area contributed by atoms with Gasteiger partial charge in [-0.3, -0.25) is 4.79 Å². The molecule has 0 radical (unpaired) electrons. The zero-order chi connectivity index (χ0) is 13.9. The molecule has 0 aliphatic heterocycles. The number of aliphatic hydroxyl groups excluding tert-OH is 1. The molecule has 1 aliphatic carbocycles. The van der Waals surface area contributed by atoms with Gasteiger partial charge in [0.25, 0.3) is 5.91 Å². The molecule has 1 saturated carbocycles. The van der Waals surface area contributed by atoms with E-state index in [-0.39, 0.29) is 29.2 Å². The molecule has 104 valence electrons. The summed E-state index contributed by atoms with van der Waals surface area (Å²) in [6.45, 7) is 0.498. The first kappa shape index (κ1) is 13.8. The first-order valence-electron chi connectivity index (χ1n) is 6.50. The van der Waals surface area contributed by atoms with Crippen LogP contribution in [0.1, 0.15) is 36.0 Å². The minimum atomic E-state index is -0.592. The van der Waals surface area contributed by atoms with E-state index in [1.165, 1.54) is 12.1 Å². The number of nitrogens with two attached hydrogens (primary N) is 1. The maximum absolute atomic E-state index is 13.3. The smallest absolute Gasteiger partial charge is 0.251 e. The molecule has 2 rings (SSSR count). The quantitative estimate of drug-likeness (QED) is 0.726. The Morgan fingerprint density at radius 2 is 2.11 bits per heavy atom. The Bertz CT molecular complexity index is 471. The van der Waals surface area contributed by atoms with E-state index >= 15 is 0 Å². The molecule has 0 heterocycles. The third kappa shape index (κ3) is 3.04. The minimum Gasteiger partial charge on any atom is -0.396 e. The number of amides is 1.